The zero-order valence-electron chi connectivity index (χ0n) is 14.7. The number of amidine groups is 1. The van der Waals surface area contributed by atoms with Crippen molar-refractivity contribution >= 4 is 16.9 Å². The van der Waals surface area contributed by atoms with E-state index < -0.39 is 0 Å². The van der Waals surface area contributed by atoms with Gasteiger partial charge in [0.15, 0.2) is 5.17 Å². The molecule has 0 saturated carbocycles. The molecule has 2 unspecified atom stereocenters. The second-order valence-corrected chi connectivity index (χ2v) is 7.61. The molecule has 2 aromatic heterocycles. The van der Waals surface area contributed by atoms with Gasteiger partial charge in [-0.1, -0.05) is 30.0 Å². The number of hydrogen-bond donors (Lipinski definition) is 1. The van der Waals surface area contributed by atoms with Gasteiger partial charge in [0, 0.05) is 41.5 Å². The molecule has 0 aliphatic carbocycles. The van der Waals surface area contributed by atoms with Gasteiger partial charge in [0.25, 0.3) is 0 Å². The topological polar surface area (TPSA) is 82.0 Å². The molecule has 2 N–H and O–H groups in total. The standard InChI is InChI=1S/C19H20N6S/c1-12-16(10-23-25(12)2)18-7-17(24-19(20)26-18)14-5-3-4-13(6-14)15-8-21-11-22-9-15/h3-6,8-11,17-18H,7H2,1-2H3,(H2,20,24). The maximum atomic E-state index is 6.16. The van der Waals surface area contributed by atoms with E-state index in [1.807, 2.05) is 30.3 Å². The highest BCUT2D eigenvalue weighted by Gasteiger charge is 2.28. The van der Waals surface area contributed by atoms with Gasteiger partial charge in [-0.05, 0) is 30.5 Å². The van der Waals surface area contributed by atoms with Gasteiger partial charge in [0.1, 0.15) is 6.33 Å². The molecule has 0 saturated heterocycles. The van der Waals surface area contributed by atoms with Crippen molar-refractivity contribution in [1.82, 2.24) is 19.7 Å². The summed E-state index contributed by atoms with van der Waals surface area (Å²) in [5.41, 5.74) is 11.8. The molecule has 132 valence electrons. The fourth-order valence-corrected chi connectivity index (χ4v) is 4.36. The first-order valence-electron chi connectivity index (χ1n) is 8.45. The number of aryl methyl sites for hydroxylation is 1. The molecule has 4 rings (SSSR count). The zero-order valence-corrected chi connectivity index (χ0v) is 15.5. The van der Waals surface area contributed by atoms with Crippen LogP contribution < -0.4 is 5.73 Å². The zero-order chi connectivity index (χ0) is 18.1. The predicted molar refractivity (Wildman–Crippen MR) is 105 cm³/mol. The van der Waals surface area contributed by atoms with Crippen LogP contribution in [-0.4, -0.2) is 24.9 Å². The molecular weight excluding hydrogens is 344 g/mol. The van der Waals surface area contributed by atoms with Gasteiger partial charge in [0.2, 0.25) is 0 Å². The molecule has 0 spiro atoms. The number of nitrogens with zero attached hydrogens (tertiary/aromatic N) is 5. The fraction of sp³-hybridized carbons (Fsp3) is 0.263. The summed E-state index contributed by atoms with van der Waals surface area (Å²) in [4.78, 5) is 12.9. The minimum Gasteiger partial charge on any atom is -0.379 e. The maximum Gasteiger partial charge on any atom is 0.155 e. The lowest BCUT2D eigenvalue weighted by atomic mass is 9.96. The Hall–Kier alpha value is -2.67. The quantitative estimate of drug-likeness (QED) is 0.770. The lowest BCUT2D eigenvalue weighted by Gasteiger charge is -2.26. The second-order valence-electron chi connectivity index (χ2n) is 6.39. The van der Waals surface area contributed by atoms with Crippen molar-refractivity contribution in [1.29, 1.82) is 0 Å². The Morgan fingerprint density at radius 2 is 1.96 bits per heavy atom. The van der Waals surface area contributed by atoms with Crippen molar-refractivity contribution in [3.8, 4) is 11.1 Å². The van der Waals surface area contributed by atoms with Crippen LogP contribution in [0.25, 0.3) is 11.1 Å². The minimum absolute atomic E-state index is 0.0328. The van der Waals surface area contributed by atoms with E-state index in [-0.39, 0.29) is 11.3 Å². The number of aliphatic imine (C=N–C) groups is 1. The number of hydrogen-bond acceptors (Lipinski definition) is 6. The molecule has 1 aliphatic heterocycles. The van der Waals surface area contributed by atoms with Gasteiger partial charge in [-0.3, -0.25) is 9.67 Å². The molecule has 2 atom stereocenters. The summed E-state index contributed by atoms with van der Waals surface area (Å²) in [7, 11) is 1.96. The fourth-order valence-electron chi connectivity index (χ4n) is 3.24. The van der Waals surface area contributed by atoms with Gasteiger partial charge >= 0.3 is 0 Å². The van der Waals surface area contributed by atoms with E-state index in [1.54, 1.807) is 11.8 Å². The Bertz CT molecular complexity index is 950. The van der Waals surface area contributed by atoms with Crippen molar-refractivity contribution in [3.05, 3.63) is 66.0 Å². The Labute approximate surface area is 156 Å². The molecule has 0 radical (unpaired) electrons. The summed E-state index contributed by atoms with van der Waals surface area (Å²) < 4.78 is 1.91. The molecule has 3 aromatic rings. The highest BCUT2D eigenvalue weighted by molar-refractivity contribution is 8.14. The Morgan fingerprint density at radius 3 is 2.69 bits per heavy atom. The molecular formula is C19H20N6S. The lowest BCUT2D eigenvalue weighted by Crippen LogP contribution is -2.19. The smallest absolute Gasteiger partial charge is 0.155 e. The van der Waals surface area contributed by atoms with Gasteiger partial charge < -0.3 is 5.73 Å². The van der Waals surface area contributed by atoms with Gasteiger partial charge in [0.05, 0.1) is 12.2 Å². The van der Waals surface area contributed by atoms with Crippen molar-refractivity contribution in [2.75, 3.05) is 0 Å². The Balaban J connectivity index is 1.65. The third-order valence-electron chi connectivity index (χ3n) is 4.77. The molecule has 1 aliphatic rings. The van der Waals surface area contributed by atoms with Crippen molar-refractivity contribution in [3.63, 3.8) is 0 Å². The number of rotatable bonds is 3. The molecule has 6 nitrogen and oxygen atoms in total. The van der Waals surface area contributed by atoms with E-state index in [1.165, 1.54) is 17.6 Å². The largest absolute Gasteiger partial charge is 0.379 e. The van der Waals surface area contributed by atoms with Crippen LogP contribution in [0, 0.1) is 6.92 Å². The highest BCUT2D eigenvalue weighted by atomic mass is 32.2. The van der Waals surface area contributed by atoms with Crippen LogP contribution in [0.3, 0.4) is 0 Å². The third kappa shape index (κ3) is 3.22. The summed E-state index contributed by atoms with van der Waals surface area (Å²) in [5, 5.41) is 5.26. The van der Waals surface area contributed by atoms with E-state index in [4.69, 9.17) is 10.7 Å². The number of benzene rings is 1. The lowest BCUT2D eigenvalue weighted by molar-refractivity contribution is 0.636. The van der Waals surface area contributed by atoms with E-state index in [9.17, 15) is 0 Å². The molecule has 0 bridgehead atoms. The van der Waals surface area contributed by atoms with Crippen LogP contribution in [0.15, 0.2) is 54.2 Å². The van der Waals surface area contributed by atoms with Crippen LogP contribution >= 0.6 is 11.8 Å². The average Bonchev–Trinajstić information content (AvgIpc) is 3.01. The van der Waals surface area contributed by atoms with Crippen LogP contribution in [0.1, 0.15) is 34.5 Å². The number of aromatic nitrogens is 4. The van der Waals surface area contributed by atoms with E-state index >= 15 is 0 Å². The summed E-state index contributed by atoms with van der Waals surface area (Å²) in [5.74, 6) is 0. The van der Waals surface area contributed by atoms with Crippen LogP contribution in [0.2, 0.25) is 0 Å². The van der Waals surface area contributed by atoms with Crippen LogP contribution in [-0.2, 0) is 7.05 Å². The highest BCUT2D eigenvalue weighted by Crippen LogP contribution is 2.44. The summed E-state index contributed by atoms with van der Waals surface area (Å²) in [6, 6.07) is 8.41. The van der Waals surface area contributed by atoms with Gasteiger partial charge in [-0.15, -0.1) is 0 Å². The summed E-state index contributed by atoms with van der Waals surface area (Å²) >= 11 is 1.62. The van der Waals surface area contributed by atoms with Crippen LogP contribution in [0.4, 0.5) is 0 Å². The third-order valence-corrected chi connectivity index (χ3v) is 5.85. The first kappa shape index (κ1) is 16.8. The molecule has 3 heterocycles. The Morgan fingerprint density at radius 1 is 1.15 bits per heavy atom. The van der Waals surface area contributed by atoms with Gasteiger partial charge in [-0.25, -0.2) is 9.97 Å². The Kier molecular flexibility index (Phi) is 4.46. The number of thioether (sulfide) groups is 1. The number of nitrogens with two attached hydrogens (primary N) is 1. The molecule has 26 heavy (non-hydrogen) atoms. The van der Waals surface area contributed by atoms with Crippen LogP contribution in [0.5, 0.6) is 0 Å². The minimum atomic E-state index is 0.0328. The predicted octanol–water partition coefficient (Wildman–Crippen LogP) is 3.42. The van der Waals surface area contributed by atoms with E-state index in [0.717, 1.165) is 23.1 Å². The molecule has 7 heteroatoms. The normalized spacial score (nSPS) is 20.0. The molecule has 1 aromatic carbocycles. The van der Waals surface area contributed by atoms with E-state index in [0.29, 0.717) is 5.17 Å². The van der Waals surface area contributed by atoms with E-state index in [2.05, 4.69) is 46.3 Å². The summed E-state index contributed by atoms with van der Waals surface area (Å²) in [6.45, 7) is 2.09. The second kappa shape index (κ2) is 6.92. The van der Waals surface area contributed by atoms with Crippen molar-refractivity contribution < 1.29 is 0 Å². The summed E-state index contributed by atoms with van der Waals surface area (Å²) in [6.07, 6.45) is 8.02. The first-order chi connectivity index (χ1) is 12.6. The maximum absolute atomic E-state index is 6.16. The monoisotopic (exact) mass is 364 g/mol. The molecule has 0 amide bonds. The average molecular weight is 364 g/mol. The van der Waals surface area contributed by atoms with Crippen molar-refractivity contribution in [2.45, 2.75) is 24.6 Å². The van der Waals surface area contributed by atoms with Crippen molar-refractivity contribution in [2.24, 2.45) is 17.8 Å². The first-order valence-corrected chi connectivity index (χ1v) is 9.33. The van der Waals surface area contributed by atoms with Gasteiger partial charge in [-0.2, -0.15) is 5.10 Å². The molecule has 0 fully saturated rings. The SMILES string of the molecule is Cc1c(C2CC(c3cccc(-c4cncnc4)c3)N=C(N)S2)cnn1C.